The first-order chi connectivity index (χ1) is 13.9. The van der Waals surface area contributed by atoms with E-state index < -0.39 is 0 Å². The van der Waals surface area contributed by atoms with Gasteiger partial charge in [-0.3, -0.25) is 9.59 Å². The van der Waals surface area contributed by atoms with Gasteiger partial charge in [0, 0.05) is 25.2 Å². The van der Waals surface area contributed by atoms with Crippen LogP contribution in [0.4, 0.5) is 0 Å². The maximum atomic E-state index is 12.8. The smallest absolute Gasteiger partial charge is 0.253 e. The summed E-state index contributed by atoms with van der Waals surface area (Å²) in [7, 11) is 0. The number of pyridine rings is 1. The second kappa shape index (κ2) is 7.99. The molecule has 2 aromatic rings. The molecule has 0 bridgehead atoms. The molecule has 3 heterocycles. The Morgan fingerprint density at radius 3 is 2.97 bits per heavy atom. The summed E-state index contributed by atoms with van der Waals surface area (Å²) in [6.45, 7) is 6.24. The summed E-state index contributed by atoms with van der Waals surface area (Å²) >= 11 is 0. The number of hydrogen-bond acceptors (Lipinski definition) is 4. The number of ether oxygens (including phenoxy) is 1. The Bertz CT molecular complexity index is 946. The third kappa shape index (κ3) is 4.05. The first-order valence-corrected chi connectivity index (χ1v) is 10.2. The average molecular weight is 396 g/mol. The van der Waals surface area contributed by atoms with Crippen molar-refractivity contribution in [2.24, 2.45) is 11.3 Å². The predicted octanol–water partition coefficient (Wildman–Crippen LogP) is 2.33. The van der Waals surface area contributed by atoms with E-state index in [1.807, 2.05) is 30.5 Å². The molecule has 2 unspecified atom stereocenters. The quantitative estimate of drug-likeness (QED) is 0.734. The van der Waals surface area contributed by atoms with Crippen molar-refractivity contribution >= 4 is 17.3 Å². The minimum absolute atomic E-state index is 0.0637. The van der Waals surface area contributed by atoms with Crippen LogP contribution in [0, 0.1) is 11.3 Å². The van der Waals surface area contributed by atoms with Crippen LogP contribution in [-0.4, -0.2) is 47.2 Å². The third-order valence-electron chi connectivity index (χ3n) is 6.45. The maximum Gasteiger partial charge on any atom is 0.253 e. The maximum absolute atomic E-state index is 12.8. The lowest BCUT2D eigenvalue weighted by molar-refractivity contribution is -0.121. The van der Waals surface area contributed by atoms with Gasteiger partial charge in [-0.05, 0) is 42.4 Å². The highest BCUT2D eigenvalue weighted by atomic mass is 16.5. The Morgan fingerprint density at radius 2 is 2.21 bits per heavy atom. The van der Waals surface area contributed by atoms with Gasteiger partial charge in [0.1, 0.15) is 0 Å². The number of carbonyl (C=O) groups excluding carboxylic acids is 2. The molecule has 7 heteroatoms. The molecule has 154 valence electrons. The molecule has 29 heavy (non-hydrogen) atoms. The van der Waals surface area contributed by atoms with Crippen molar-refractivity contribution in [2.75, 3.05) is 19.8 Å². The standard InChI is InChI=1S/C22H28N4O3/c1-22(2)16(14-23-20(27)12-15-6-10-29-11-7-15)13-19(22)25-21(28)17-4-3-9-26-18(17)5-8-24-26/h3-6,8-9,16,19H,7,10-14H2,1-2H3,(H,23,27)(H,25,28). The second-order valence-electron chi connectivity index (χ2n) is 8.53. The zero-order valence-corrected chi connectivity index (χ0v) is 17.0. The van der Waals surface area contributed by atoms with Crippen LogP contribution >= 0.6 is 0 Å². The first kappa shape index (κ1) is 19.6. The van der Waals surface area contributed by atoms with Crippen LogP contribution in [0.5, 0.6) is 0 Å². The van der Waals surface area contributed by atoms with E-state index in [9.17, 15) is 9.59 Å². The molecule has 4 rings (SSSR count). The van der Waals surface area contributed by atoms with Crippen LogP contribution in [-0.2, 0) is 9.53 Å². The van der Waals surface area contributed by atoms with Gasteiger partial charge in [-0.15, -0.1) is 0 Å². The van der Waals surface area contributed by atoms with Crippen LogP contribution in [0.1, 0.15) is 43.5 Å². The summed E-state index contributed by atoms with van der Waals surface area (Å²) in [5.74, 6) is 0.322. The second-order valence-corrected chi connectivity index (χ2v) is 8.53. The lowest BCUT2D eigenvalue weighted by atomic mass is 9.58. The van der Waals surface area contributed by atoms with E-state index in [2.05, 4.69) is 29.6 Å². The normalized spacial score (nSPS) is 23.2. The molecule has 1 saturated carbocycles. The molecule has 0 spiro atoms. The van der Waals surface area contributed by atoms with E-state index in [4.69, 9.17) is 4.74 Å². The van der Waals surface area contributed by atoms with Gasteiger partial charge in [0.15, 0.2) is 0 Å². The highest BCUT2D eigenvalue weighted by Gasteiger charge is 2.48. The number of nitrogens with zero attached hydrogens (tertiary/aromatic N) is 2. The van der Waals surface area contributed by atoms with Crippen molar-refractivity contribution < 1.29 is 14.3 Å². The van der Waals surface area contributed by atoms with E-state index >= 15 is 0 Å². The van der Waals surface area contributed by atoms with Gasteiger partial charge >= 0.3 is 0 Å². The van der Waals surface area contributed by atoms with Gasteiger partial charge in [0.2, 0.25) is 5.91 Å². The molecule has 1 aliphatic heterocycles. The molecule has 0 radical (unpaired) electrons. The number of hydrogen-bond donors (Lipinski definition) is 2. The first-order valence-electron chi connectivity index (χ1n) is 10.2. The summed E-state index contributed by atoms with van der Waals surface area (Å²) in [5.41, 5.74) is 2.50. The predicted molar refractivity (Wildman–Crippen MR) is 109 cm³/mol. The molecule has 2 aromatic heterocycles. The van der Waals surface area contributed by atoms with Crippen molar-refractivity contribution in [3.05, 3.63) is 47.8 Å². The van der Waals surface area contributed by atoms with Crippen LogP contribution in [0.25, 0.3) is 5.52 Å². The minimum Gasteiger partial charge on any atom is -0.377 e. The summed E-state index contributed by atoms with van der Waals surface area (Å²) in [5, 5.41) is 10.4. The molecule has 0 aromatic carbocycles. The minimum atomic E-state index is -0.0804. The Morgan fingerprint density at radius 1 is 1.34 bits per heavy atom. The number of aromatic nitrogens is 2. The van der Waals surface area contributed by atoms with Crippen molar-refractivity contribution in [1.82, 2.24) is 20.2 Å². The zero-order valence-electron chi connectivity index (χ0n) is 17.0. The van der Waals surface area contributed by atoms with E-state index in [0.29, 0.717) is 37.7 Å². The van der Waals surface area contributed by atoms with Gasteiger partial charge in [-0.25, -0.2) is 4.52 Å². The Labute approximate surface area is 170 Å². The fourth-order valence-electron chi connectivity index (χ4n) is 4.22. The van der Waals surface area contributed by atoms with Crippen LogP contribution in [0.15, 0.2) is 42.2 Å². The fourth-order valence-corrected chi connectivity index (χ4v) is 4.22. The molecule has 2 aliphatic rings. The van der Waals surface area contributed by atoms with Crippen LogP contribution in [0.2, 0.25) is 0 Å². The average Bonchev–Trinajstić information content (AvgIpc) is 3.19. The summed E-state index contributed by atoms with van der Waals surface area (Å²) in [6.07, 6.45) is 7.66. The highest BCUT2D eigenvalue weighted by molar-refractivity contribution is 6.00. The Balaban J connectivity index is 1.29. The van der Waals surface area contributed by atoms with Gasteiger partial charge < -0.3 is 15.4 Å². The van der Waals surface area contributed by atoms with Gasteiger partial charge in [0.25, 0.3) is 5.91 Å². The number of nitrogens with one attached hydrogen (secondary N) is 2. The SMILES string of the molecule is CC1(C)C(CNC(=O)CC2=CCOCC2)CC1NC(=O)c1cccn2nccc12. The summed E-state index contributed by atoms with van der Waals surface area (Å²) in [4.78, 5) is 25.0. The summed E-state index contributed by atoms with van der Waals surface area (Å²) in [6, 6.07) is 5.57. The molecular weight excluding hydrogens is 368 g/mol. The largest absolute Gasteiger partial charge is 0.377 e. The van der Waals surface area contributed by atoms with Crippen molar-refractivity contribution in [3.8, 4) is 0 Å². The van der Waals surface area contributed by atoms with E-state index in [1.54, 1.807) is 10.7 Å². The monoisotopic (exact) mass is 396 g/mol. The summed E-state index contributed by atoms with van der Waals surface area (Å²) < 4.78 is 6.98. The molecular formula is C22H28N4O3. The Hall–Kier alpha value is -2.67. The Kier molecular flexibility index (Phi) is 5.41. The topological polar surface area (TPSA) is 84.7 Å². The molecule has 7 nitrogen and oxygen atoms in total. The lowest BCUT2D eigenvalue weighted by Gasteiger charge is -2.52. The van der Waals surface area contributed by atoms with Crippen molar-refractivity contribution in [1.29, 1.82) is 0 Å². The zero-order chi connectivity index (χ0) is 20.4. The lowest BCUT2D eigenvalue weighted by Crippen LogP contribution is -2.60. The van der Waals surface area contributed by atoms with Gasteiger partial charge in [0.05, 0.1) is 30.5 Å². The van der Waals surface area contributed by atoms with Gasteiger partial charge in [-0.1, -0.05) is 25.5 Å². The molecule has 0 saturated heterocycles. The van der Waals surface area contributed by atoms with E-state index in [-0.39, 0.29) is 23.3 Å². The molecule has 2 atom stereocenters. The molecule has 1 fully saturated rings. The van der Waals surface area contributed by atoms with E-state index in [0.717, 1.165) is 23.9 Å². The highest BCUT2D eigenvalue weighted by Crippen LogP contribution is 2.46. The van der Waals surface area contributed by atoms with Gasteiger partial charge in [-0.2, -0.15) is 5.10 Å². The molecule has 1 aliphatic carbocycles. The van der Waals surface area contributed by atoms with E-state index in [1.165, 1.54) is 0 Å². The number of carbonyl (C=O) groups is 2. The van der Waals surface area contributed by atoms with Crippen molar-refractivity contribution in [2.45, 2.75) is 39.2 Å². The van der Waals surface area contributed by atoms with Crippen LogP contribution in [0.3, 0.4) is 0 Å². The molecule has 2 N–H and O–H groups in total. The number of rotatable bonds is 6. The third-order valence-corrected chi connectivity index (χ3v) is 6.45. The fraction of sp³-hybridized carbons (Fsp3) is 0.500. The number of amides is 2. The molecule has 2 amide bonds. The number of fused-ring (bicyclic) bond motifs is 1. The van der Waals surface area contributed by atoms with Crippen LogP contribution < -0.4 is 10.6 Å². The van der Waals surface area contributed by atoms with Crippen molar-refractivity contribution in [3.63, 3.8) is 0 Å².